The molecule has 6 rings (SSSR count). The van der Waals surface area contributed by atoms with Crippen molar-refractivity contribution < 1.29 is 19.0 Å². The first-order valence-electron chi connectivity index (χ1n) is 13.6. The van der Waals surface area contributed by atoms with Gasteiger partial charge in [-0.2, -0.15) is 15.0 Å². The summed E-state index contributed by atoms with van der Waals surface area (Å²) in [5, 5.41) is 0. The van der Waals surface area contributed by atoms with Crippen molar-refractivity contribution >= 4 is 52.2 Å². The SMILES string of the molecule is O=C1/C(=C\c2ccc(Oc3nc(N4CCOCC4)nc(N4CCOCC4)n3)cc2)SC(=S)N1C1CCCCC1. The summed E-state index contributed by atoms with van der Waals surface area (Å²) in [6.45, 7) is 5.40. The molecule has 0 N–H and O–H groups in total. The number of morpholine rings is 2. The molecule has 1 aromatic heterocycles. The molecule has 0 unspecified atom stereocenters. The van der Waals surface area contributed by atoms with Gasteiger partial charge < -0.3 is 24.0 Å². The third kappa shape index (κ3) is 6.19. The number of carbonyl (C=O) groups is 1. The summed E-state index contributed by atoms with van der Waals surface area (Å²) in [7, 11) is 0. The fourth-order valence-corrected chi connectivity index (χ4v) is 6.61. The van der Waals surface area contributed by atoms with Crippen molar-refractivity contribution in [3.8, 4) is 11.8 Å². The van der Waals surface area contributed by atoms with Crippen LogP contribution in [0.2, 0.25) is 0 Å². The van der Waals surface area contributed by atoms with Crippen molar-refractivity contribution in [3.05, 3.63) is 34.7 Å². The van der Waals surface area contributed by atoms with Gasteiger partial charge in [-0.15, -0.1) is 0 Å². The topological polar surface area (TPSA) is 93.1 Å². The smallest absolute Gasteiger partial charge is 0.328 e. The van der Waals surface area contributed by atoms with Crippen LogP contribution in [0.15, 0.2) is 29.2 Å². The van der Waals surface area contributed by atoms with E-state index in [0.717, 1.165) is 31.2 Å². The number of amides is 1. The summed E-state index contributed by atoms with van der Waals surface area (Å²) in [6.07, 6.45) is 7.52. The van der Waals surface area contributed by atoms with Crippen LogP contribution in [0, 0.1) is 0 Å². The van der Waals surface area contributed by atoms with Gasteiger partial charge in [0.1, 0.15) is 10.1 Å². The molecule has 12 heteroatoms. The molecule has 3 saturated heterocycles. The number of nitrogens with zero attached hydrogens (tertiary/aromatic N) is 6. The standard InChI is InChI=1S/C27H32N6O4S2/c34-23-22(39-27(38)33(23)20-4-2-1-3-5-20)18-19-6-8-21(9-7-19)37-26-29-24(31-10-14-35-15-11-31)28-25(30-26)32-12-16-36-17-13-32/h6-9,18,20H,1-5,10-17H2/b22-18+. The summed E-state index contributed by atoms with van der Waals surface area (Å²) in [6, 6.07) is 8.05. The van der Waals surface area contributed by atoms with Crippen LogP contribution in [-0.4, -0.2) is 88.7 Å². The molecule has 10 nitrogen and oxygen atoms in total. The van der Waals surface area contributed by atoms with Gasteiger partial charge in [0.2, 0.25) is 11.9 Å². The van der Waals surface area contributed by atoms with Crippen molar-refractivity contribution in [3.63, 3.8) is 0 Å². The Labute approximate surface area is 237 Å². The first-order valence-corrected chi connectivity index (χ1v) is 14.8. The maximum atomic E-state index is 13.1. The first-order chi connectivity index (χ1) is 19.1. The number of hydrogen-bond acceptors (Lipinski definition) is 11. The van der Waals surface area contributed by atoms with E-state index in [9.17, 15) is 4.79 Å². The average Bonchev–Trinajstić information content (AvgIpc) is 3.27. The monoisotopic (exact) mass is 568 g/mol. The van der Waals surface area contributed by atoms with Crippen molar-refractivity contribution in [2.45, 2.75) is 38.1 Å². The molecule has 4 heterocycles. The van der Waals surface area contributed by atoms with Gasteiger partial charge in [0.15, 0.2) is 0 Å². The Morgan fingerprint density at radius 2 is 1.46 bits per heavy atom. The van der Waals surface area contributed by atoms with Crippen molar-refractivity contribution in [2.75, 3.05) is 62.4 Å². The predicted molar refractivity (Wildman–Crippen MR) is 154 cm³/mol. The number of anilines is 2. The van der Waals surface area contributed by atoms with Gasteiger partial charge in [-0.25, -0.2) is 0 Å². The predicted octanol–water partition coefficient (Wildman–Crippen LogP) is 3.87. The zero-order valence-electron chi connectivity index (χ0n) is 21.8. The molecule has 1 saturated carbocycles. The number of ether oxygens (including phenoxy) is 3. The lowest BCUT2D eigenvalue weighted by atomic mass is 9.94. The minimum atomic E-state index is 0.0219. The molecule has 2 aromatic rings. The molecule has 0 radical (unpaired) electrons. The second-order valence-electron chi connectivity index (χ2n) is 9.93. The van der Waals surface area contributed by atoms with Gasteiger partial charge in [-0.05, 0) is 36.6 Å². The highest BCUT2D eigenvalue weighted by Crippen LogP contribution is 2.37. The Bertz CT molecular complexity index is 1190. The van der Waals surface area contributed by atoms with E-state index in [1.54, 1.807) is 0 Å². The van der Waals surface area contributed by atoms with Crippen LogP contribution in [0.3, 0.4) is 0 Å². The van der Waals surface area contributed by atoms with Crippen LogP contribution in [-0.2, 0) is 14.3 Å². The van der Waals surface area contributed by atoms with Crippen molar-refractivity contribution in [1.82, 2.24) is 19.9 Å². The minimum absolute atomic E-state index is 0.0219. The molecule has 1 aromatic carbocycles. The zero-order valence-corrected chi connectivity index (χ0v) is 23.4. The number of aromatic nitrogens is 3. The van der Waals surface area contributed by atoms with Gasteiger partial charge >= 0.3 is 6.01 Å². The molecule has 206 valence electrons. The van der Waals surface area contributed by atoms with E-state index < -0.39 is 0 Å². The van der Waals surface area contributed by atoms with Crippen LogP contribution >= 0.6 is 24.0 Å². The molecule has 39 heavy (non-hydrogen) atoms. The van der Waals surface area contributed by atoms with E-state index in [2.05, 4.69) is 19.8 Å². The lowest BCUT2D eigenvalue weighted by Gasteiger charge is -2.30. The number of benzene rings is 1. The number of hydrogen-bond donors (Lipinski definition) is 0. The molecule has 0 bridgehead atoms. The largest absolute Gasteiger partial charge is 0.424 e. The summed E-state index contributed by atoms with van der Waals surface area (Å²) in [4.78, 5) is 33.8. The summed E-state index contributed by atoms with van der Waals surface area (Å²) in [5.74, 6) is 1.80. The van der Waals surface area contributed by atoms with Crippen LogP contribution < -0.4 is 14.5 Å². The van der Waals surface area contributed by atoms with E-state index in [1.165, 1.54) is 18.2 Å². The fourth-order valence-electron chi connectivity index (χ4n) is 5.21. The van der Waals surface area contributed by atoms with Crippen molar-refractivity contribution in [2.24, 2.45) is 0 Å². The minimum Gasteiger partial charge on any atom is -0.424 e. The van der Waals surface area contributed by atoms with E-state index >= 15 is 0 Å². The number of rotatable bonds is 6. The Hall–Kier alpha value is -2.80. The summed E-state index contributed by atoms with van der Waals surface area (Å²) in [5.41, 5.74) is 0.908. The molecule has 0 atom stereocenters. The second-order valence-corrected chi connectivity index (χ2v) is 11.6. The molecule has 0 spiro atoms. The third-order valence-corrected chi connectivity index (χ3v) is 8.66. The first kappa shape index (κ1) is 26.4. The lowest BCUT2D eigenvalue weighted by Crippen LogP contribution is -2.40. The normalized spacial score (nSPS) is 22.2. The van der Waals surface area contributed by atoms with Crippen LogP contribution in [0.1, 0.15) is 37.7 Å². The average molecular weight is 569 g/mol. The number of thiocarbonyl (C=S) groups is 1. The van der Waals surface area contributed by atoms with Gasteiger partial charge in [-0.3, -0.25) is 9.69 Å². The zero-order chi connectivity index (χ0) is 26.6. The Balaban J connectivity index is 1.18. The van der Waals surface area contributed by atoms with Crippen LogP contribution in [0.25, 0.3) is 6.08 Å². The summed E-state index contributed by atoms with van der Waals surface area (Å²) >= 11 is 6.96. The van der Waals surface area contributed by atoms with Gasteiger partial charge in [0, 0.05) is 32.2 Å². The molecular weight excluding hydrogens is 536 g/mol. The van der Waals surface area contributed by atoms with Crippen LogP contribution in [0.5, 0.6) is 11.8 Å². The molecule has 4 fully saturated rings. The third-order valence-electron chi connectivity index (χ3n) is 7.33. The number of carbonyl (C=O) groups excluding carboxylic acids is 1. The highest BCUT2D eigenvalue weighted by Gasteiger charge is 2.37. The molecule has 4 aliphatic rings. The highest BCUT2D eigenvalue weighted by atomic mass is 32.2. The fraction of sp³-hybridized carbons (Fsp3) is 0.519. The Morgan fingerprint density at radius 1 is 0.872 bits per heavy atom. The van der Waals surface area contributed by atoms with Crippen LogP contribution in [0.4, 0.5) is 11.9 Å². The Morgan fingerprint density at radius 3 is 2.05 bits per heavy atom. The Kier molecular flexibility index (Phi) is 8.24. The number of thioether (sulfide) groups is 1. The van der Waals surface area contributed by atoms with Crippen molar-refractivity contribution in [1.29, 1.82) is 0 Å². The van der Waals surface area contributed by atoms with E-state index in [1.807, 2.05) is 35.2 Å². The second kappa shape index (κ2) is 12.2. The maximum absolute atomic E-state index is 13.1. The van der Waals surface area contributed by atoms with E-state index in [0.29, 0.717) is 79.5 Å². The quantitative estimate of drug-likeness (QED) is 0.376. The van der Waals surface area contributed by atoms with Gasteiger partial charge in [-0.1, -0.05) is 55.4 Å². The lowest BCUT2D eigenvalue weighted by molar-refractivity contribution is -0.124. The highest BCUT2D eigenvalue weighted by molar-refractivity contribution is 8.26. The van der Waals surface area contributed by atoms with Gasteiger partial charge in [0.25, 0.3) is 5.91 Å². The molecule has 3 aliphatic heterocycles. The maximum Gasteiger partial charge on any atom is 0.328 e. The molecule has 1 aliphatic carbocycles. The molecular formula is C27H32N6O4S2. The van der Waals surface area contributed by atoms with Gasteiger partial charge in [0.05, 0.1) is 31.3 Å². The van der Waals surface area contributed by atoms with E-state index in [4.69, 9.17) is 31.4 Å². The summed E-state index contributed by atoms with van der Waals surface area (Å²) < 4.78 is 17.8. The molecule has 1 amide bonds. The van der Waals surface area contributed by atoms with E-state index in [-0.39, 0.29) is 18.0 Å².